The molecule has 1 aromatic carbocycles. The molecule has 0 radical (unpaired) electrons. The van der Waals surface area contributed by atoms with Gasteiger partial charge < -0.3 is 0 Å². The fourth-order valence-electron chi connectivity index (χ4n) is 1.45. The molecule has 2 nitrogen and oxygen atoms in total. The lowest BCUT2D eigenvalue weighted by molar-refractivity contribution is 1.30. The fraction of sp³-hybridized carbons (Fsp3) is 0. The Kier molecular flexibility index (Phi) is 3.54. The molecule has 0 atom stereocenters. The summed E-state index contributed by atoms with van der Waals surface area (Å²) >= 11 is 17.6. The van der Waals surface area contributed by atoms with E-state index in [1.807, 2.05) is 6.07 Å². The highest BCUT2D eigenvalue weighted by Crippen LogP contribution is 2.31. The molecule has 5 heteroatoms. The normalized spacial score (nSPS) is 10.0. The van der Waals surface area contributed by atoms with E-state index < -0.39 is 0 Å². The van der Waals surface area contributed by atoms with E-state index in [1.54, 1.807) is 30.5 Å². The maximum Gasteiger partial charge on any atom is 0.147 e. The highest BCUT2D eigenvalue weighted by molar-refractivity contribution is 6.42. The van der Waals surface area contributed by atoms with Crippen LogP contribution in [-0.4, -0.2) is 4.98 Å². The summed E-state index contributed by atoms with van der Waals surface area (Å²) in [6.45, 7) is 0. The summed E-state index contributed by atoms with van der Waals surface area (Å²) in [6, 6.07) is 8.88. The van der Waals surface area contributed by atoms with Crippen molar-refractivity contribution in [2.24, 2.45) is 0 Å². The van der Waals surface area contributed by atoms with E-state index in [1.165, 1.54) is 0 Å². The smallest absolute Gasteiger partial charge is 0.147 e. The zero-order valence-electron chi connectivity index (χ0n) is 8.42. The summed E-state index contributed by atoms with van der Waals surface area (Å²) in [6.07, 6.45) is 1.54. The first kappa shape index (κ1) is 12.2. The van der Waals surface area contributed by atoms with Crippen LogP contribution in [0.2, 0.25) is 15.2 Å². The van der Waals surface area contributed by atoms with E-state index in [-0.39, 0.29) is 5.15 Å². The Labute approximate surface area is 113 Å². The molecule has 0 saturated heterocycles. The van der Waals surface area contributed by atoms with Crippen LogP contribution in [0.15, 0.2) is 30.5 Å². The van der Waals surface area contributed by atoms with Gasteiger partial charge in [0.2, 0.25) is 0 Å². The quantitative estimate of drug-likeness (QED) is 0.718. The minimum Gasteiger partial charge on any atom is -0.243 e. The van der Waals surface area contributed by atoms with Crippen molar-refractivity contribution < 1.29 is 0 Å². The van der Waals surface area contributed by atoms with Crippen molar-refractivity contribution in [3.05, 3.63) is 51.2 Å². The van der Waals surface area contributed by atoms with Gasteiger partial charge in [-0.3, -0.25) is 0 Å². The van der Waals surface area contributed by atoms with Crippen LogP contribution in [0.5, 0.6) is 0 Å². The zero-order valence-corrected chi connectivity index (χ0v) is 10.7. The molecular weight excluding hydrogens is 279 g/mol. The second-order valence-electron chi connectivity index (χ2n) is 3.27. The van der Waals surface area contributed by atoms with Gasteiger partial charge in [-0.05, 0) is 23.8 Å². The lowest BCUT2D eigenvalue weighted by Crippen LogP contribution is -1.88. The summed E-state index contributed by atoms with van der Waals surface area (Å²) in [5.74, 6) is 0. The van der Waals surface area contributed by atoms with Crippen molar-refractivity contribution in [3.8, 4) is 17.2 Å². The van der Waals surface area contributed by atoms with Crippen LogP contribution >= 0.6 is 34.8 Å². The fourth-order valence-corrected chi connectivity index (χ4v) is 1.95. The highest BCUT2D eigenvalue weighted by atomic mass is 35.5. The number of pyridine rings is 1. The maximum absolute atomic E-state index is 9.05. The molecule has 0 aliphatic rings. The number of nitrogens with zero attached hydrogens (tertiary/aromatic N) is 2. The number of aromatic nitrogens is 1. The Morgan fingerprint density at radius 3 is 2.47 bits per heavy atom. The zero-order chi connectivity index (χ0) is 12.4. The lowest BCUT2D eigenvalue weighted by Gasteiger charge is -2.06. The predicted octanol–water partition coefficient (Wildman–Crippen LogP) is 4.58. The van der Waals surface area contributed by atoms with Gasteiger partial charge in [0.1, 0.15) is 11.2 Å². The Balaban J connectivity index is 2.65. The van der Waals surface area contributed by atoms with Crippen molar-refractivity contribution in [2.45, 2.75) is 0 Å². The van der Waals surface area contributed by atoms with Crippen LogP contribution in [0.3, 0.4) is 0 Å². The van der Waals surface area contributed by atoms with Crippen molar-refractivity contribution in [1.82, 2.24) is 4.98 Å². The molecule has 0 aliphatic carbocycles. The van der Waals surface area contributed by atoms with Gasteiger partial charge in [-0.15, -0.1) is 0 Å². The van der Waals surface area contributed by atoms with Crippen LogP contribution in [0.25, 0.3) is 11.1 Å². The molecule has 0 aliphatic heterocycles. The van der Waals surface area contributed by atoms with Gasteiger partial charge in [-0.2, -0.15) is 5.26 Å². The minimum atomic E-state index is 0.177. The van der Waals surface area contributed by atoms with E-state index in [9.17, 15) is 0 Å². The predicted molar refractivity (Wildman–Crippen MR) is 69.4 cm³/mol. The number of halogens is 3. The summed E-state index contributed by atoms with van der Waals surface area (Å²) in [5, 5.41) is 10.1. The van der Waals surface area contributed by atoms with Gasteiger partial charge in [0.05, 0.1) is 15.6 Å². The van der Waals surface area contributed by atoms with Crippen LogP contribution in [0.1, 0.15) is 5.56 Å². The van der Waals surface area contributed by atoms with E-state index in [0.29, 0.717) is 21.2 Å². The number of nitriles is 1. The van der Waals surface area contributed by atoms with E-state index in [4.69, 9.17) is 40.1 Å². The van der Waals surface area contributed by atoms with E-state index >= 15 is 0 Å². The largest absolute Gasteiger partial charge is 0.243 e. The first-order chi connectivity index (χ1) is 8.13. The molecule has 2 aromatic rings. The average molecular weight is 284 g/mol. The first-order valence-corrected chi connectivity index (χ1v) is 5.77. The second-order valence-corrected chi connectivity index (χ2v) is 4.44. The maximum atomic E-state index is 9.05. The molecule has 0 N–H and O–H groups in total. The van der Waals surface area contributed by atoms with Crippen LogP contribution in [0.4, 0.5) is 0 Å². The summed E-state index contributed by atoms with van der Waals surface area (Å²) in [5.41, 5.74) is 1.79. The summed E-state index contributed by atoms with van der Waals surface area (Å²) < 4.78 is 0. The van der Waals surface area contributed by atoms with Gasteiger partial charge in [0.15, 0.2) is 0 Å². The number of rotatable bonds is 1. The molecule has 2 rings (SSSR count). The van der Waals surface area contributed by atoms with Gasteiger partial charge in [-0.25, -0.2) is 4.98 Å². The Bertz CT molecular complexity index is 618. The van der Waals surface area contributed by atoms with Crippen LogP contribution in [-0.2, 0) is 0 Å². The van der Waals surface area contributed by atoms with Crippen molar-refractivity contribution >= 4 is 34.8 Å². The molecular formula is C12H5Cl3N2. The molecule has 1 heterocycles. The molecule has 0 spiro atoms. The third-order valence-electron chi connectivity index (χ3n) is 2.25. The van der Waals surface area contributed by atoms with E-state index in [2.05, 4.69) is 4.98 Å². The second kappa shape index (κ2) is 4.93. The van der Waals surface area contributed by atoms with Crippen molar-refractivity contribution in [3.63, 3.8) is 0 Å². The van der Waals surface area contributed by atoms with Crippen molar-refractivity contribution in [1.29, 1.82) is 5.26 Å². The molecule has 0 unspecified atom stereocenters. The van der Waals surface area contributed by atoms with Gasteiger partial charge in [-0.1, -0.05) is 40.9 Å². The van der Waals surface area contributed by atoms with Gasteiger partial charge in [0.25, 0.3) is 0 Å². The number of hydrogen-bond donors (Lipinski definition) is 0. The summed E-state index contributed by atoms with van der Waals surface area (Å²) in [7, 11) is 0. The highest BCUT2D eigenvalue weighted by Gasteiger charge is 2.10. The monoisotopic (exact) mass is 282 g/mol. The molecule has 0 bridgehead atoms. The molecule has 17 heavy (non-hydrogen) atoms. The molecule has 84 valence electrons. The van der Waals surface area contributed by atoms with Crippen LogP contribution in [0, 0.1) is 11.3 Å². The average Bonchev–Trinajstić information content (AvgIpc) is 2.32. The Hall–Kier alpha value is -1.27. The summed E-state index contributed by atoms with van der Waals surface area (Å²) in [4.78, 5) is 3.86. The lowest BCUT2D eigenvalue weighted by atomic mass is 10.0. The molecule has 1 aromatic heterocycles. The van der Waals surface area contributed by atoms with Crippen molar-refractivity contribution in [2.75, 3.05) is 0 Å². The third-order valence-corrected chi connectivity index (χ3v) is 3.27. The molecule has 0 saturated carbocycles. The standard InChI is InChI=1S/C12H5Cl3N2/c13-10-2-1-7(5-11(10)14)8-3-4-17-12(15)9(8)6-16/h1-5H. The SMILES string of the molecule is N#Cc1c(-c2ccc(Cl)c(Cl)c2)ccnc1Cl. The first-order valence-electron chi connectivity index (χ1n) is 4.63. The van der Waals surface area contributed by atoms with Gasteiger partial charge >= 0.3 is 0 Å². The third kappa shape index (κ3) is 2.37. The van der Waals surface area contributed by atoms with Gasteiger partial charge in [0, 0.05) is 11.8 Å². The molecule has 0 amide bonds. The molecule has 0 fully saturated rings. The Morgan fingerprint density at radius 2 is 1.82 bits per heavy atom. The minimum absolute atomic E-state index is 0.177. The number of benzene rings is 1. The van der Waals surface area contributed by atoms with E-state index in [0.717, 1.165) is 5.56 Å². The topological polar surface area (TPSA) is 36.7 Å². The number of hydrogen-bond acceptors (Lipinski definition) is 2. The van der Waals surface area contributed by atoms with Crippen LogP contribution < -0.4 is 0 Å². The Morgan fingerprint density at radius 1 is 1.06 bits per heavy atom.